The lowest BCUT2D eigenvalue weighted by Gasteiger charge is -2.35. The van der Waals surface area contributed by atoms with Gasteiger partial charge in [0.05, 0.1) is 6.04 Å². The molecule has 1 aliphatic carbocycles. The van der Waals surface area contributed by atoms with Crippen LogP contribution in [-0.4, -0.2) is 43.0 Å². The molecule has 1 aromatic carbocycles. The molecule has 1 heterocycles. The summed E-state index contributed by atoms with van der Waals surface area (Å²) in [6, 6.07) is 8.41. The first-order valence-electron chi connectivity index (χ1n) is 9.38. The van der Waals surface area contributed by atoms with E-state index in [2.05, 4.69) is 42.8 Å². The number of likely N-dealkylation sites (N-methyl/N-ethyl adjacent to an activating group) is 1. The Morgan fingerprint density at radius 2 is 1.96 bits per heavy atom. The standard InChI is InChI=1S/C20H30ClN3O/c1-13(2)10-19(20(22)25)23(3)18-9-4-14-11-24(12-17(14)18)16-7-5-15(21)6-8-16/h5-8,13-14,17-19H,4,9-12H2,1-3H3,(H2,22,25)/t14-,17+,18+,19+/m1/s1. The molecule has 1 saturated heterocycles. The van der Waals surface area contributed by atoms with Crippen molar-refractivity contribution in [2.75, 3.05) is 25.0 Å². The van der Waals surface area contributed by atoms with E-state index >= 15 is 0 Å². The van der Waals surface area contributed by atoms with Crippen molar-refractivity contribution < 1.29 is 4.79 Å². The van der Waals surface area contributed by atoms with E-state index in [1.54, 1.807) is 0 Å². The van der Waals surface area contributed by atoms with Crippen LogP contribution in [0, 0.1) is 17.8 Å². The van der Waals surface area contributed by atoms with E-state index in [0.29, 0.717) is 23.8 Å². The number of rotatable bonds is 6. The molecule has 0 unspecified atom stereocenters. The molecular formula is C20H30ClN3O. The first-order valence-corrected chi connectivity index (χ1v) is 9.76. The molecule has 138 valence electrons. The van der Waals surface area contributed by atoms with Crippen LogP contribution >= 0.6 is 11.6 Å². The van der Waals surface area contributed by atoms with Gasteiger partial charge in [-0.2, -0.15) is 0 Å². The quantitative estimate of drug-likeness (QED) is 0.842. The van der Waals surface area contributed by atoms with Crippen molar-refractivity contribution in [1.29, 1.82) is 0 Å². The van der Waals surface area contributed by atoms with Crippen LogP contribution in [0.2, 0.25) is 5.02 Å². The summed E-state index contributed by atoms with van der Waals surface area (Å²) in [6.45, 7) is 6.45. The summed E-state index contributed by atoms with van der Waals surface area (Å²) in [5.41, 5.74) is 6.96. The Labute approximate surface area is 156 Å². The van der Waals surface area contributed by atoms with E-state index in [1.807, 2.05) is 12.1 Å². The van der Waals surface area contributed by atoms with Gasteiger partial charge in [-0.15, -0.1) is 0 Å². The molecule has 4 nitrogen and oxygen atoms in total. The first-order chi connectivity index (χ1) is 11.9. The number of halogens is 1. The molecule has 1 saturated carbocycles. The number of benzene rings is 1. The molecule has 2 N–H and O–H groups in total. The van der Waals surface area contributed by atoms with Crippen LogP contribution in [0.15, 0.2) is 24.3 Å². The first kappa shape index (κ1) is 18.5. The molecule has 1 aromatic rings. The highest BCUT2D eigenvalue weighted by atomic mass is 35.5. The highest BCUT2D eigenvalue weighted by Crippen LogP contribution is 2.42. The minimum Gasteiger partial charge on any atom is -0.371 e. The van der Waals surface area contributed by atoms with Crippen LogP contribution in [-0.2, 0) is 4.79 Å². The van der Waals surface area contributed by atoms with Crippen LogP contribution in [0.1, 0.15) is 33.1 Å². The molecular weight excluding hydrogens is 334 g/mol. The Bertz CT molecular complexity index is 603. The highest BCUT2D eigenvalue weighted by Gasteiger charge is 2.45. The number of anilines is 1. The fourth-order valence-electron chi connectivity index (χ4n) is 4.77. The Kier molecular flexibility index (Phi) is 5.59. The number of carbonyl (C=O) groups excluding carboxylic acids is 1. The Morgan fingerprint density at radius 1 is 1.28 bits per heavy atom. The lowest BCUT2D eigenvalue weighted by molar-refractivity contribution is -0.124. The van der Waals surface area contributed by atoms with Crippen molar-refractivity contribution in [2.45, 2.75) is 45.2 Å². The zero-order valence-corrected chi connectivity index (χ0v) is 16.2. The molecule has 5 heteroatoms. The average molecular weight is 364 g/mol. The molecule has 0 aromatic heterocycles. The average Bonchev–Trinajstić information content (AvgIpc) is 3.12. The zero-order valence-electron chi connectivity index (χ0n) is 15.5. The van der Waals surface area contributed by atoms with Gasteiger partial charge in [0.25, 0.3) is 0 Å². The zero-order chi connectivity index (χ0) is 18.1. The summed E-state index contributed by atoms with van der Waals surface area (Å²) in [6.07, 6.45) is 3.24. The van der Waals surface area contributed by atoms with Crippen molar-refractivity contribution in [2.24, 2.45) is 23.5 Å². The Hall–Kier alpha value is -1.26. The number of carbonyl (C=O) groups is 1. The molecule has 2 aliphatic rings. The van der Waals surface area contributed by atoms with Crippen molar-refractivity contribution in [3.8, 4) is 0 Å². The minimum absolute atomic E-state index is 0.159. The fourth-order valence-corrected chi connectivity index (χ4v) is 4.89. The molecule has 3 rings (SSSR count). The predicted molar refractivity (Wildman–Crippen MR) is 104 cm³/mol. The van der Waals surface area contributed by atoms with Crippen LogP contribution in [0.25, 0.3) is 0 Å². The van der Waals surface area contributed by atoms with Crippen molar-refractivity contribution in [3.05, 3.63) is 29.3 Å². The lowest BCUT2D eigenvalue weighted by atomic mass is 9.94. The molecule has 0 spiro atoms. The van der Waals surface area contributed by atoms with Gasteiger partial charge in [0.2, 0.25) is 5.91 Å². The summed E-state index contributed by atoms with van der Waals surface area (Å²) in [4.78, 5) is 16.7. The second kappa shape index (κ2) is 7.55. The maximum Gasteiger partial charge on any atom is 0.234 e. The second-order valence-corrected chi connectivity index (χ2v) is 8.60. The SMILES string of the molecule is CC(C)C[C@@H](C(N)=O)N(C)[C@H]1CC[C@@H]2CN(c3ccc(Cl)cc3)C[C@@H]21. The number of nitrogens with two attached hydrogens (primary N) is 1. The minimum atomic E-state index is -0.188. The van der Waals surface area contributed by atoms with Gasteiger partial charge in [0, 0.05) is 29.8 Å². The smallest absolute Gasteiger partial charge is 0.234 e. The Balaban J connectivity index is 1.70. The molecule has 2 fully saturated rings. The van der Waals surface area contributed by atoms with E-state index in [0.717, 1.165) is 24.5 Å². The van der Waals surface area contributed by atoms with E-state index in [4.69, 9.17) is 17.3 Å². The molecule has 25 heavy (non-hydrogen) atoms. The van der Waals surface area contributed by atoms with Gasteiger partial charge in [-0.25, -0.2) is 0 Å². The van der Waals surface area contributed by atoms with Gasteiger partial charge in [0.15, 0.2) is 0 Å². The third-order valence-electron chi connectivity index (χ3n) is 6.05. The molecule has 4 atom stereocenters. The third kappa shape index (κ3) is 3.95. The molecule has 0 bridgehead atoms. The maximum absolute atomic E-state index is 12.0. The summed E-state index contributed by atoms with van der Waals surface area (Å²) < 4.78 is 0. The van der Waals surface area contributed by atoms with Crippen molar-refractivity contribution in [1.82, 2.24) is 4.90 Å². The van der Waals surface area contributed by atoms with Crippen LogP contribution < -0.4 is 10.6 Å². The van der Waals surface area contributed by atoms with Gasteiger partial charge in [0.1, 0.15) is 0 Å². The van der Waals surface area contributed by atoms with Crippen LogP contribution in [0.5, 0.6) is 0 Å². The van der Waals surface area contributed by atoms with Crippen molar-refractivity contribution in [3.63, 3.8) is 0 Å². The van der Waals surface area contributed by atoms with Gasteiger partial charge in [-0.1, -0.05) is 25.4 Å². The van der Waals surface area contributed by atoms with E-state index in [-0.39, 0.29) is 11.9 Å². The normalized spacial score (nSPS) is 27.1. The van der Waals surface area contributed by atoms with Gasteiger partial charge >= 0.3 is 0 Å². The van der Waals surface area contributed by atoms with Crippen LogP contribution in [0.3, 0.4) is 0 Å². The van der Waals surface area contributed by atoms with E-state index < -0.39 is 0 Å². The second-order valence-electron chi connectivity index (χ2n) is 8.16. The lowest BCUT2D eigenvalue weighted by Crippen LogP contribution is -2.50. The summed E-state index contributed by atoms with van der Waals surface area (Å²) in [7, 11) is 2.09. The number of fused-ring (bicyclic) bond motifs is 1. The highest BCUT2D eigenvalue weighted by molar-refractivity contribution is 6.30. The van der Waals surface area contributed by atoms with Gasteiger partial charge in [-0.05, 0) is 68.3 Å². The molecule has 1 aliphatic heterocycles. The number of hydrogen-bond acceptors (Lipinski definition) is 3. The Morgan fingerprint density at radius 3 is 2.56 bits per heavy atom. The number of hydrogen-bond donors (Lipinski definition) is 1. The topological polar surface area (TPSA) is 49.6 Å². The van der Waals surface area contributed by atoms with E-state index in [1.165, 1.54) is 18.5 Å². The maximum atomic E-state index is 12.0. The predicted octanol–water partition coefficient (Wildman–Crippen LogP) is 3.39. The monoisotopic (exact) mass is 363 g/mol. The van der Waals surface area contributed by atoms with Crippen LogP contribution in [0.4, 0.5) is 5.69 Å². The fraction of sp³-hybridized carbons (Fsp3) is 0.650. The molecule has 0 radical (unpaired) electrons. The summed E-state index contributed by atoms with van der Waals surface area (Å²) in [5, 5.41) is 0.777. The third-order valence-corrected chi connectivity index (χ3v) is 6.30. The number of nitrogens with zero attached hydrogens (tertiary/aromatic N) is 2. The summed E-state index contributed by atoms with van der Waals surface area (Å²) >= 11 is 6.02. The largest absolute Gasteiger partial charge is 0.371 e. The summed E-state index contributed by atoms with van der Waals surface area (Å²) in [5.74, 6) is 1.59. The van der Waals surface area contributed by atoms with Gasteiger partial charge in [-0.3, -0.25) is 9.69 Å². The van der Waals surface area contributed by atoms with E-state index in [9.17, 15) is 4.79 Å². The number of primary amides is 1. The molecule has 1 amide bonds. The van der Waals surface area contributed by atoms with Crippen molar-refractivity contribution >= 4 is 23.2 Å². The van der Waals surface area contributed by atoms with Gasteiger partial charge < -0.3 is 10.6 Å². The number of amides is 1.